The number of hydrogen-bond acceptors (Lipinski definition) is 3. The zero-order valence-corrected chi connectivity index (χ0v) is 9.21. The molecule has 3 heteroatoms. The van der Waals surface area contributed by atoms with Gasteiger partial charge >= 0.3 is 0 Å². The van der Waals surface area contributed by atoms with Crippen LogP contribution in [0.25, 0.3) is 0 Å². The molecule has 3 nitrogen and oxygen atoms in total. The number of rotatable bonds is 3. The Balaban J connectivity index is 2.74. The van der Waals surface area contributed by atoms with Crippen molar-refractivity contribution >= 4 is 17.3 Å². The van der Waals surface area contributed by atoms with E-state index in [1.807, 2.05) is 0 Å². The topological polar surface area (TPSA) is 51.2 Å². The summed E-state index contributed by atoms with van der Waals surface area (Å²) in [5.41, 5.74) is -0.885. The Bertz CT molecular complexity index is 310. The first kappa shape index (κ1) is 11.8. The molecule has 0 spiro atoms. The summed E-state index contributed by atoms with van der Waals surface area (Å²) in [5, 5.41) is 0. The van der Waals surface area contributed by atoms with E-state index in [0.29, 0.717) is 25.7 Å². The Morgan fingerprint density at radius 2 is 1.87 bits per heavy atom. The van der Waals surface area contributed by atoms with Gasteiger partial charge in [0.05, 0.1) is 5.41 Å². The number of hydrogen-bond donors (Lipinski definition) is 0. The van der Waals surface area contributed by atoms with E-state index in [4.69, 9.17) is 0 Å². The lowest BCUT2D eigenvalue weighted by Gasteiger charge is -2.29. The van der Waals surface area contributed by atoms with E-state index < -0.39 is 5.41 Å². The first-order chi connectivity index (χ1) is 6.97. The SMILES string of the molecule is CC(=O)/C=C/CC1(C)C(=O)CCCC1=O. The Kier molecular flexibility index (Phi) is 3.56. The van der Waals surface area contributed by atoms with Crippen LogP contribution >= 0.6 is 0 Å². The molecule has 0 bridgehead atoms. The van der Waals surface area contributed by atoms with Crippen molar-refractivity contribution in [3.05, 3.63) is 12.2 Å². The van der Waals surface area contributed by atoms with Crippen molar-refractivity contribution in [1.29, 1.82) is 0 Å². The fourth-order valence-electron chi connectivity index (χ4n) is 1.81. The molecule has 0 atom stereocenters. The molecule has 1 aliphatic rings. The minimum atomic E-state index is -0.885. The molecule has 15 heavy (non-hydrogen) atoms. The van der Waals surface area contributed by atoms with E-state index in [-0.39, 0.29) is 17.3 Å². The van der Waals surface area contributed by atoms with Crippen molar-refractivity contribution in [1.82, 2.24) is 0 Å². The number of Topliss-reactive ketones (excluding diaryl/α,β-unsaturated/α-hetero) is 2. The van der Waals surface area contributed by atoms with Crippen molar-refractivity contribution in [3.63, 3.8) is 0 Å². The summed E-state index contributed by atoms with van der Waals surface area (Å²) < 4.78 is 0. The third kappa shape index (κ3) is 2.61. The van der Waals surface area contributed by atoms with Gasteiger partial charge in [-0.25, -0.2) is 0 Å². The van der Waals surface area contributed by atoms with Crippen molar-refractivity contribution < 1.29 is 14.4 Å². The highest BCUT2D eigenvalue weighted by Gasteiger charge is 2.41. The third-order valence-corrected chi connectivity index (χ3v) is 2.92. The van der Waals surface area contributed by atoms with Crippen molar-refractivity contribution in [3.8, 4) is 0 Å². The van der Waals surface area contributed by atoms with Crippen LogP contribution in [-0.2, 0) is 14.4 Å². The Morgan fingerprint density at radius 1 is 1.33 bits per heavy atom. The summed E-state index contributed by atoms with van der Waals surface area (Å²) >= 11 is 0. The van der Waals surface area contributed by atoms with Crippen LogP contribution in [0.2, 0.25) is 0 Å². The zero-order chi connectivity index (χ0) is 11.5. The second kappa shape index (κ2) is 4.51. The lowest BCUT2D eigenvalue weighted by molar-refractivity contribution is -0.142. The number of allylic oxidation sites excluding steroid dienone is 2. The minimum absolute atomic E-state index is 0.00644. The molecular formula is C12H16O3. The number of carbonyl (C=O) groups excluding carboxylic acids is 3. The van der Waals surface area contributed by atoms with Gasteiger partial charge in [0.15, 0.2) is 5.78 Å². The average Bonchev–Trinajstić information content (AvgIpc) is 2.14. The maximum atomic E-state index is 11.7. The fraction of sp³-hybridized carbons (Fsp3) is 0.583. The lowest BCUT2D eigenvalue weighted by Crippen LogP contribution is -2.39. The van der Waals surface area contributed by atoms with Gasteiger partial charge in [0, 0.05) is 12.8 Å². The Labute approximate surface area is 89.5 Å². The number of ketones is 3. The van der Waals surface area contributed by atoms with E-state index >= 15 is 0 Å². The van der Waals surface area contributed by atoms with E-state index in [1.54, 1.807) is 13.0 Å². The smallest absolute Gasteiger partial charge is 0.152 e. The van der Waals surface area contributed by atoms with Gasteiger partial charge in [-0.05, 0) is 32.8 Å². The van der Waals surface area contributed by atoms with Crippen LogP contribution in [-0.4, -0.2) is 17.3 Å². The Morgan fingerprint density at radius 3 is 2.33 bits per heavy atom. The van der Waals surface area contributed by atoms with Gasteiger partial charge in [-0.3, -0.25) is 14.4 Å². The monoisotopic (exact) mass is 208 g/mol. The van der Waals surface area contributed by atoms with Gasteiger partial charge in [0.1, 0.15) is 11.6 Å². The van der Waals surface area contributed by atoms with E-state index in [2.05, 4.69) is 0 Å². The summed E-state index contributed by atoms with van der Waals surface area (Å²) in [6.45, 7) is 3.13. The molecule has 0 aliphatic heterocycles. The fourth-order valence-corrected chi connectivity index (χ4v) is 1.81. The van der Waals surface area contributed by atoms with E-state index in [9.17, 15) is 14.4 Å². The molecule has 1 rings (SSSR count). The molecule has 1 saturated carbocycles. The lowest BCUT2D eigenvalue weighted by atomic mass is 9.71. The first-order valence-corrected chi connectivity index (χ1v) is 5.20. The minimum Gasteiger partial charge on any atom is -0.299 e. The second-order valence-corrected chi connectivity index (χ2v) is 4.25. The number of carbonyl (C=O) groups is 3. The van der Waals surface area contributed by atoms with Crippen LogP contribution < -0.4 is 0 Å². The zero-order valence-electron chi connectivity index (χ0n) is 9.21. The summed E-state index contributed by atoms with van der Waals surface area (Å²) in [6.07, 6.45) is 5.03. The summed E-state index contributed by atoms with van der Waals surface area (Å²) in [6, 6.07) is 0. The van der Waals surface area contributed by atoms with Crippen LogP contribution in [0.5, 0.6) is 0 Å². The standard InChI is InChI=1S/C12H16O3/c1-9(13)5-4-8-12(2)10(14)6-3-7-11(12)15/h4-5H,3,6-8H2,1-2H3/b5-4+. The molecule has 0 saturated heterocycles. The molecule has 82 valence electrons. The largest absolute Gasteiger partial charge is 0.299 e. The predicted molar refractivity (Wildman–Crippen MR) is 56.4 cm³/mol. The second-order valence-electron chi connectivity index (χ2n) is 4.25. The van der Waals surface area contributed by atoms with Gasteiger partial charge in [-0.15, -0.1) is 0 Å². The van der Waals surface area contributed by atoms with Crippen LogP contribution in [0.15, 0.2) is 12.2 Å². The normalized spacial score (nSPS) is 20.9. The van der Waals surface area contributed by atoms with Crippen molar-refractivity contribution in [2.24, 2.45) is 5.41 Å². The van der Waals surface area contributed by atoms with Gasteiger partial charge in [0.25, 0.3) is 0 Å². The molecule has 0 N–H and O–H groups in total. The summed E-state index contributed by atoms with van der Waals surface area (Å²) in [5.74, 6) is -0.0480. The summed E-state index contributed by atoms with van der Waals surface area (Å²) in [4.78, 5) is 34.0. The van der Waals surface area contributed by atoms with Gasteiger partial charge in [-0.2, -0.15) is 0 Å². The van der Waals surface area contributed by atoms with Crippen LogP contribution in [0.1, 0.15) is 39.5 Å². The molecule has 1 aliphatic carbocycles. The van der Waals surface area contributed by atoms with Gasteiger partial charge in [0.2, 0.25) is 0 Å². The van der Waals surface area contributed by atoms with E-state index in [0.717, 1.165) is 0 Å². The predicted octanol–water partition coefficient (Wildman–Crippen LogP) is 1.85. The molecule has 0 aromatic carbocycles. The molecule has 0 amide bonds. The average molecular weight is 208 g/mol. The van der Waals surface area contributed by atoms with E-state index in [1.165, 1.54) is 13.0 Å². The molecule has 0 aromatic heterocycles. The molecule has 0 heterocycles. The van der Waals surface area contributed by atoms with Gasteiger partial charge in [-0.1, -0.05) is 6.08 Å². The quantitative estimate of drug-likeness (QED) is 0.525. The maximum absolute atomic E-state index is 11.7. The third-order valence-electron chi connectivity index (χ3n) is 2.92. The highest BCUT2D eigenvalue weighted by atomic mass is 16.2. The highest BCUT2D eigenvalue weighted by molar-refractivity contribution is 6.08. The molecule has 0 radical (unpaired) electrons. The molecular weight excluding hydrogens is 192 g/mol. The van der Waals surface area contributed by atoms with Crippen LogP contribution in [0, 0.1) is 5.41 Å². The Hall–Kier alpha value is -1.25. The molecule has 1 fully saturated rings. The molecule has 0 aromatic rings. The highest BCUT2D eigenvalue weighted by Crippen LogP contribution is 2.33. The van der Waals surface area contributed by atoms with Gasteiger partial charge < -0.3 is 0 Å². The van der Waals surface area contributed by atoms with Crippen molar-refractivity contribution in [2.45, 2.75) is 39.5 Å². The molecule has 0 unspecified atom stereocenters. The summed E-state index contributed by atoms with van der Waals surface area (Å²) in [7, 11) is 0. The first-order valence-electron chi connectivity index (χ1n) is 5.20. The van der Waals surface area contributed by atoms with Crippen LogP contribution in [0.4, 0.5) is 0 Å². The van der Waals surface area contributed by atoms with Crippen molar-refractivity contribution in [2.75, 3.05) is 0 Å². The maximum Gasteiger partial charge on any atom is 0.152 e. The van der Waals surface area contributed by atoms with Crippen LogP contribution in [0.3, 0.4) is 0 Å².